The first-order chi connectivity index (χ1) is 9.27. The van der Waals surface area contributed by atoms with Crippen molar-refractivity contribution in [3.63, 3.8) is 0 Å². The van der Waals surface area contributed by atoms with E-state index in [1.165, 1.54) is 11.6 Å². The van der Waals surface area contributed by atoms with Gasteiger partial charge >= 0.3 is 0 Å². The van der Waals surface area contributed by atoms with Crippen molar-refractivity contribution < 1.29 is 8.42 Å². The summed E-state index contributed by atoms with van der Waals surface area (Å²) in [6, 6.07) is 10.4. The van der Waals surface area contributed by atoms with E-state index < -0.39 is 10.0 Å². The summed E-state index contributed by atoms with van der Waals surface area (Å²) in [5.41, 5.74) is 9.44. The van der Waals surface area contributed by atoms with Crippen LogP contribution in [0, 0.1) is 13.8 Å². The fraction of sp³-hybridized carbons (Fsp3) is 0.143. The molecule has 0 saturated heterocycles. The third-order valence-electron chi connectivity index (χ3n) is 3.10. The van der Waals surface area contributed by atoms with Crippen LogP contribution in [0.25, 0.3) is 0 Å². The molecule has 0 spiro atoms. The van der Waals surface area contributed by atoms with Gasteiger partial charge in [-0.15, -0.1) is 0 Å². The van der Waals surface area contributed by atoms with Gasteiger partial charge in [-0.3, -0.25) is 0 Å². The minimum atomic E-state index is -3.84. The minimum Gasteiger partial charge on any atom is -0.399 e. The van der Waals surface area contributed by atoms with Crippen molar-refractivity contribution in [2.24, 2.45) is 5.14 Å². The standard InChI is InChI=1S/C14H17N3O2S/c1-9-3-5-12(7-10(9)2)17-13-6-4-11(15)8-14(13)20(16,18)19/h3-8,17H,15H2,1-2H3,(H2,16,18,19). The molecule has 0 amide bonds. The molecule has 2 rings (SSSR count). The maximum absolute atomic E-state index is 11.6. The highest BCUT2D eigenvalue weighted by Crippen LogP contribution is 2.27. The Kier molecular flexibility index (Phi) is 3.69. The molecule has 20 heavy (non-hydrogen) atoms. The lowest BCUT2D eigenvalue weighted by Gasteiger charge is -2.12. The zero-order chi connectivity index (χ0) is 14.9. The molecular formula is C14H17N3O2S. The first-order valence-electron chi connectivity index (χ1n) is 6.04. The van der Waals surface area contributed by atoms with Crippen molar-refractivity contribution >= 4 is 27.1 Å². The molecule has 2 aromatic rings. The zero-order valence-corrected chi connectivity index (χ0v) is 12.2. The van der Waals surface area contributed by atoms with Gasteiger partial charge in [0.2, 0.25) is 10.0 Å². The van der Waals surface area contributed by atoms with E-state index in [2.05, 4.69) is 5.32 Å². The van der Waals surface area contributed by atoms with Crippen LogP contribution in [0.1, 0.15) is 11.1 Å². The average Bonchev–Trinajstić information content (AvgIpc) is 2.35. The van der Waals surface area contributed by atoms with Crippen molar-refractivity contribution in [3.8, 4) is 0 Å². The Bertz CT molecular complexity index is 755. The molecule has 0 radical (unpaired) electrons. The summed E-state index contributed by atoms with van der Waals surface area (Å²) in [4.78, 5) is -0.0178. The lowest BCUT2D eigenvalue weighted by atomic mass is 10.1. The Morgan fingerprint density at radius 2 is 1.70 bits per heavy atom. The molecule has 5 N–H and O–H groups in total. The summed E-state index contributed by atoms with van der Waals surface area (Å²) in [6.45, 7) is 4.00. The molecule has 2 aromatic carbocycles. The van der Waals surface area contributed by atoms with Crippen molar-refractivity contribution in [1.29, 1.82) is 0 Å². The Balaban J connectivity index is 2.46. The van der Waals surface area contributed by atoms with Gasteiger partial charge in [-0.25, -0.2) is 13.6 Å². The van der Waals surface area contributed by atoms with Gasteiger partial charge in [-0.1, -0.05) is 6.07 Å². The smallest absolute Gasteiger partial charge is 0.240 e. The predicted molar refractivity (Wildman–Crippen MR) is 81.4 cm³/mol. The molecule has 0 atom stereocenters. The number of hydrogen-bond donors (Lipinski definition) is 3. The second-order valence-electron chi connectivity index (χ2n) is 4.72. The number of nitrogens with two attached hydrogens (primary N) is 2. The normalized spacial score (nSPS) is 11.3. The van der Waals surface area contributed by atoms with E-state index in [4.69, 9.17) is 10.9 Å². The van der Waals surface area contributed by atoms with Crippen LogP contribution in [-0.4, -0.2) is 8.42 Å². The molecule has 0 bridgehead atoms. The fourth-order valence-corrected chi connectivity index (χ4v) is 2.58. The molecule has 0 unspecified atom stereocenters. The van der Waals surface area contributed by atoms with Crippen LogP contribution in [0.2, 0.25) is 0 Å². The van der Waals surface area contributed by atoms with Crippen molar-refractivity contribution in [3.05, 3.63) is 47.5 Å². The highest BCUT2D eigenvalue weighted by atomic mass is 32.2. The Morgan fingerprint density at radius 1 is 1.00 bits per heavy atom. The van der Waals surface area contributed by atoms with E-state index >= 15 is 0 Å². The summed E-state index contributed by atoms with van der Waals surface area (Å²) in [5, 5.41) is 8.27. The predicted octanol–water partition coefficient (Wildman–Crippen LogP) is 2.28. The average molecular weight is 291 g/mol. The van der Waals surface area contributed by atoms with Gasteiger partial charge in [0.15, 0.2) is 0 Å². The summed E-state index contributed by atoms with van der Waals surface area (Å²) < 4.78 is 23.2. The largest absolute Gasteiger partial charge is 0.399 e. The summed E-state index contributed by atoms with van der Waals surface area (Å²) >= 11 is 0. The first kappa shape index (κ1) is 14.4. The molecule has 0 aliphatic carbocycles. The lowest BCUT2D eigenvalue weighted by Crippen LogP contribution is -2.14. The number of nitrogen functional groups attached to an aromatic ring is 1. The third-order valence-corrected chi connectivity index (χ3v) is 4.05. The first-order valence-corrected chi connectivity index (χ1v) is 7.58. The molecule has 0 aliphatic heterocycles. The molecule has 0 saturated carbocycles. The number of primary sulfonamides is 1. The van der Waals surface area contributed by atoms with Gasteiger partial charge in [0.05, 0.1) is 5.69 Å². The second-order valence-corrected chi connectivity index (χ2v) is 6.25. The molecule has 0 aromatic heterocycles. The van der Waals surface area contributed by atoms with Crippen LogP contribution in [0.5, 0.6) is 0 Å². The fourth-order valence-electron chi connectivity index (χ4n) is 1.85. The molecule has 106 valence electrons. The van der Waals surface area contributed by atoms with Crippen molar-refractivity contribution in [1.82, 2.24) is 0 Å². The number of benzene rings is 2. The summed E-state index contributed by atoms with van der Waals surface area (Å²) in [5.74, 6) is 0. The molecular weight excluding hydrogens is 274 g/mol. The third kappa shape index (κ3) is 3.09. The maximum Gasteiger partial charge on any atom is 0.240 e. The molecule has 0 fully saturated rings. The van der Waals surface area contributed by atoms with Gasteiger partial charge in [-0.05, 0) is 55.3 Å². The second kappa shape index (κ2) is 5.15. The van der Waals surface area contributed by atoms with E-state index in [0.717, 1.165) is 11.3 Å². The van der Waals surface area contributed by atoms with Gasteiger partial charge in [-0.2, -0.15) is 0 Å². The van der Waals surface area contributed by atoms with Gasteiger partial charge < -0.3 is 11.1 Å². The number of sulfonamides is 1. The zero-order valence-electron chi connectivity index (χ0n) is 11.3. The number of aryl methyl sites for hydroxylation is 2. The molecule has 0 heterocycles. The Morgan fingerprint density at radius 3 is 2.30 bits per heavy atom. The molecule has 5 nitrogen and oxygen atoms in total. The number of rotatable bonds is 3. The molecule has 0 aliphatic rings. The Hall–Kier alpha value is -2.05. The number of hydrogen-bond acceptors (Lipinski definition) is 4. The Labute approximate surface area is 118 Å². The van der Waals surface area contributed by atoms with E-state index in [1.807, 2.05) is 32.0 Å². The summed E-state index contributed by atoms with van der Waals surface area (Å²) in [7, 11) is -3.84. The van der Waals surface area contributed by atoms with Crippen LogP contribution in [0.4, 0.5) is 17.1 Å². The topological polar surface area (TPSA) is 98.2 Å². The van der Waals surface area contributed by atoms with Gasteiger partial charge in [0.1, 0.15) is 4.90 Å². The van der Waals surface area contributed by atoms with Crippen LogP contribution >= 0.6 is 0 Å². The van der Waals surface area contributed by atoms with Crippen LogP contribution in [0.15, 0.2) is 41.3 Å². The minimum absolute atomic E-state index is 0.0178. The van der Waals surface area contributed by atoms with E-state index in [0.29, 0.717) is 11.4 Å². The van der Waals surface area contributed by atoms with Gasteiger partial charge in [0.25, 0.3) is 0 Å². The van der Waals surface area contributed by atoms with Gasteiger partial charge in [0, 0.05) is 11.4 Å². The van der Waals surface area contributed by atoms with Crippen LogP contribution < -0.4 is 16.2 Å². The maximum atomic E-state index is 11.6. The van der Waals surface area contributed by atoms with Crippen LogP contribution in [-0.2, 0) is 10.0 Å². The number of anilines is 3. The SMILES string of the molecule is Cc1ccc(Nc2ccc(N)cc2S(N)(=O)=O)cc1C. The lowest BCUT2D eigenvalue weighted by molar-refractivity contribution is 0.598. The highest BCUT2D eigenvalue weighted by molar-refractivity contribution is 7.89. The van der Waals surface area contributed by atoms with E-state index in [1.54, 1.807) is 12.1 Å². The van der Waals surface area contributed by atoms with E-state index in [9.17, 15) is 8.42 Å². The van der Waals surface area contributed by atoms with Crippen molar-refractivity contribution in [2.45, 2.75) is 18.7 Å². The molecule has 6 heteroatoms. The van der Waals surface area contributed by atoms with E-state index in [-0.39, 0.29) is 4.90 Å². The highest BCUT2D eigenvalue weighted by Gasteiger charge is 2.14. The number of nitrogens with one attached hydrogen (secondary N) is 1. The van der Waals surface area contributed by atoms with Crippen molar-refractivity contribution in [2.75, 3.05) is 11.1 Å². The quantitative estimate of drug-likeness (QED) is 0.755. The summed E-state index contributed by atoms with van der Waals surface area (Å²) in [6.07, 6.45) is 0. The monoisotopic (exact) mass is 291 g/mol. The van der Waals surface area contributed by atoms with Crippen LogP contribution in [0.3, 0.4) is 0 Å².